The number of fused-ring (bicyclic) bond motifs is 4. The summed E-state index contributed by atoms with van der Waals surface area (Å²) in [6.45, 7) is 30.0. The monoisotopic (exact) mass is 2280 g/mol. The van der Waals surface area contributed by atoms with Gasteiger partial charge in [-0.2, -0.15) is 52.7 Å². The Morgan fingerprint density at radius 2 is 0.829 bits per heavy atom. The van der Waals surface area contributed by atoms with Crippen LogP contribution >= 0.6 is 62.3 Å². The van der Waals surface area contributed by atoms with Crippen LogP contribution in [0, 0.1) is 10.1 Å². The Kier molecular flexibility index (Phi) is 66.0. The molecule has 4 aromatic heterocycles. The third kappa shape index (κ3) is 54.7. The molecule has 7 aromatic carbocycles. The van der Waals surface area contributed by atoms with Crippen molar-refractivity contribution in [1.29, 1.82) is 0 Å². The van der Waals surface area contributed by atoms with Crippen molar-refractivity contribution in [2.45, 2.75) is 151 Å². The molecule has 0 fully saturated rings. The predicted molar refractivity (Wildman–Crippen MR) is 517 cm³/mol. The van der Waals surface area contributed by atoms with Gasteiger partial charge in [0.25, 0.3) is 12.2 Å². The van der Waals surface area contributed by atoms with Gasteiger partial charge in [-0.25, -0.2) is 33.6 Å². The van der Waals surface area contributed by atoms with Gasteiger partial charge in [0, 0.05) is 107 Å². The van der Waals surface area contributed by atoms with Crippen LogP contribution in [0.25, 0.3) is 43.9 Å². The van der Waals surface area contributed by atoms with Gasteiger partial charge in [-0.05, 0) is 163 Å². The number of rotatable bonds is 24. The van der Waals surface area contributed by atoms with Crippen molar-refractivity contribution in [2.24, 2.45) is 5.73 Å². The van der Waals surface area contributed by atoms with Crippen molar-refractivity contribution in [3.05, 3.63) is 255 Å². The van der Waals surface area contributed by atoms with Crippen LogP contribution in [0.2, 0.25) is 0 Å². The maximum absolute atomic E-state index is 13.1. The SMILES string of the molecule is CC(C)(C)OC(=O)NCCBr.CC(C)(C)OC(=O)NCCOc1ccc2c(C(F)(F)F)cc(=O)oc2c1.CC(C)c1ccccc1OC(=O)CCCOc1ccc2c(C(F)(F)F)cc(=O)oc2c1.CC(C)c1ccccc1OC(=O)Oc1ccc([N+](=O)[O-])cc1.CCN(CC)CC.ClCCl.ClCCl.NCCOc1ccc2c(C(F)(F)F)cc(=O)oc2c1.O=CO[O-].O=c1cc(C(F)(F)F)c2ccc(O)cc2o1.[2H]CF.[H-].[K+].[K+]. The van der Waals surface area contributed by atoms with Crippen LogP contribution in [0.15, 0.2) is 207 Å². The number of carbonyl (C=O) groups excluding carboxylic acids is 5. The minimum absolute atomic E-state index is 0. The molecular formula is C95H107BrCl4F13K2N5O26. The molecule has 31 nitrogen and oxygen atoms in total. The maximum Gasteiger partial charge on any atom is 1.00 e. The number of phenolic OH excluding ortho intramolecular Hbond substituents is 1. The standard InChI is InChI=1S/C23H21F3O5.C17H18F3NO5.C16H15NO5.C12H10F3NO3.C10H5F3O3.C7H14BrNO2.C6H15N.2CH2Cl2.CH3F.CH2O3.2K.H/c1-14(2)16-6-3-4-7-19(16)30-21(27)8-5-11-29-15-9-10-17-18(23(24,25)26)13-22(28)31-20(17)12-15;1-16(2,3)26-15(23)21-6-7-24-10-4-5-11-12(17(18,19)20)9-14(22)25-13(11)8-10;1-11(2)14-5-3-4-6-15(14)22-16(18)21-13-9-7-12(8-10-13)17(19)20;13-12(14,15)9-6-11(17)19-10-5-7(18-4-3-16)1-2-8(9)10;11-10(12,13)7-4-9(15)16-8-3-5(14)1-2-6(7)8;1-7(2,3)11-6(10)9-5-4-8;1-4-7(5-2)6-3;2*2-1-3;1-2;2-1-4-3;;;/h3-4,6-7,9-10,12-14H,5,8,11H2,1-2H3;4-5,8-9H,6-7H2,1-3H3,(H,21,23);3-11H,1-2H3;1-2,5-6H,3-4,16H2;1-4,14H;4-5H2,1-3H3,(H,9,10);4-6H2,1-3H3;2*1H2;1H3;1,3H;;;/q;;;;;;;;;;;2*+1;-1/p-1/i;;;;;;;;;1D;;;;. The summed E-state index contributed by atoms with van der Waals surface area (Å²) < 4.78 is 230. The first kappa shape index (κ1) is 137. The molecule has 0 aliphatic heterocycles. The zero-order valence-electron chi connectivity index (χ0n) is 83.4. The van der Waals surface area contributed by atoms with E-state index in [1.807, 2.05) is 72.7 Å². The number of aromatic hydroxyl groups is 1. The van der Waals surface area contributed by atoms with Gasteiger partial charge in [0.2, 0.25) is 0 Å². The van der Waals surface area contributed by atoms with Crippen LogP contribution in [-0.2, 0) is 48.7 Å². The molecule has 4 heterocycles. The Hall–Kier alpha value is -9.39. The smallest absolute Gasteiger partial charge is 1.00 e. The van der Waals surface area contributed by atoms with E-state index in [1.165, 1.54) is 92.4 Å². The van der Waals surface area contributed by atoms with Crippen molar-refractivity contribution in [3.8, 4) is 40.2 Å². The number of non-ortho nitro benzene ring substituents is 1. The van der Waals surface area contributed by atoms with E-state index < -0.39 is 111 Å². The summed E-state index contributed by atoms with van der Waals surface area (Å²) >= 11 is 22.2. The van der Waals surface area contributed by atoms with E-state index in [2.05, 4.69) is 61.5 Å². The molecule has 0 radical (unpaired) electrons. The Bertz CT molecular complexity index is 6100. The molecule has 0 saturated carbocycles. The average molecular weight is 2280 g/mol. The summed E-state index contributed by atoms with van der Waals surface area (Å²) in [5, 5.41) is 33.3. The molecule has 796 valence electrons. The van der Waals surface area contributed by atoms with Crippen molar-refractivity contribution < 1.29 is 262 Å². The van der Waals surface area contributed by atoms with E-state index in [1.54, 1.807) is 45.0 Å². The second kappa shape index (κ2) is 70.6. The Morgan fingerprint density at radius 1 is 0.514 bits per heavy atom. The average Bonchev–Trinajstić information content (AvgIpc) is 0.816. The minimum atomic E-state index is -4.68. The summed E-state index contributed by atoms with van der Waals surface area (Å²) in [4.78, 5) is 115. The number of alkyl halides is 18. The number of ether oxygens (including phenoxy) is 8. The zero-order valence-corrected chi connectivity index (χ0v) is 92.3. The number of phenols is 1. The molecule has 5 N–H and O–H groups in total. The third-order valence-electron chi connectivity index (χ3n) is 17.2. The minimum Gasteiger partial charge on any atom is -1.00 e. The van der Waals surface area contributed by atoms with E-state index >= 15 is 0 Å². The van der Waals surface area contributed by atoms with Gasteiger partial charge in [0.1, 0.15) is 87.0 Å². The number of hydrogen-bond donors (Lipinski definition) is 4. The van der Waals surface area contributed by atoms with Gasteiger partial charge in [0.15, 0.2) is 0 Å². The first-order valence-electron chi connectivity index (χ1n) is 43.0. The van der Waals surface area contributed by atoms with Crippen LogP contribution in [0.1, 0.15) is 151 Å². The van der Waals surface area contributed by atoms with E-state index in [0.29, 0.717) is 54.5 Å². The fourth-order valence-electron chi connectivity index (χ4n) is 11.3. The van der Waals surface area contributed by atoms with Gasteiger partial charge in [-0.3, -0.25) is 24.1 Å². The summed E-state index contributed by atoms with van der Waals surface area (Å²) in [5.74, 6) is 1.59. The molecule has 0 saturated heterocycles. The topological polar surface area (TPSA) is 429 Å². The molecule has 146 heavy (non-hydrogen) atoms. The number of carbonyl (C=O) groups is 5. The van der Waals surface area contributed by atoms with Gasteiger partial charge >= 0.3 is 174 Å². The van der Waals surface area contributed by atoms with Crippen molar-refractivity contribution in [1.82, 2.24) is 15.5 Å². The predicted octanol–water partition coefficient (Wildman–Crippen LogP) is 17.6. The quantitative estimate of drug-likeness (QED) is 0.00355. The molecule has 11 rings (SSSR count). The molecule has 0 atom stereocenters. The van der Waals surface area contributed by atoms with Gasteiger partial charge in [-0.1, -0.05) is 101 Å². The van der Waals surface area contributed by atoms with E-state index in [0.717, 1.165) is 40.7 Å². The zero-order chi connectivity index (χ0) is 110. The third-order valence-corrected chi connectivity index (χ3v) is 17.6. The van der Waals surface area contributed by atoms with Crippen molar-refractivity contribution >= 4 is 143 Å². The number of nitrogens with two attached hydrogens (primary N) is 1. The number of benzene rings is 7. The fourth-order valence-corrected chi connectivity index (χ4v) is 11.5. The van der Waals surface area contributed by atoms with E-state index in [-0.39, 0.29) is 251 Å². The summed E-state index contributed by atoms with van der Waals surface area (Å²) in [7, 11) is -1.00. The summed E-state index contributed by atoms with van der Waals surface area (Å²) in [6.07, 6.45) is -20.0. The maximum atomic E-state index is 13.1. The Morgan fingerprint density at radius 3 is 1.14 bits per heavy atom. The Labute approximate surface area is 945 Å². The van der Waals surface area contributed by atoms with Crippen molar-refractivity contribution in [3.63, 3.8) is 0 Å². The molecule has 11 aromatic rings. The van der Waals surface area contributed by atoms with Gasteiger partial charge < -0.3 is 93.5 Å². The van der Waals surface area contributed by atoms with Crippen LogP contribution in [-0.4, -0.2) is 139 Å². The molecule has 51 heteroatoms. The molecule has 0 spiro atoms. The molecule has 0 bridgehead atoms. The summed E-state index contributed by atoms with van der Waals surface area (Å²) in [5.41, 5.74) is -3.55. The number of nitro groups is 1. The number of para-hydroxylation sites is 2. The largest absolute Gasteiger partial charge is 1.00 e. The second-order valence-electron chi connectivity index (χ2n) is 30.6. The van der Waals surface area contributed by atoms with Gasteiger partial charge in [-0.15, -0.1) is 46.4 Å². The second-order valence-corrected chi connectivity index (χ2v) is 33.0. The van der Waals surface area contributed by atoms with Gasteiger partial charge in [0.05, 0.1) is 59.5 Å². The van der Waals surface area contributed by atoms with Crippen molar-refractivity contribution in [2.75, 3.05) is 82.3 Å². The molecular weight excluding hydrogens is 2170 g/mol. The Balaban J connectivity index is -0.00000166. The number of hydrogen-bond acceptors (Lipinski definition) is 28. The molecule has 0 aliphatic rings. The van der Waals surface area contributed by atoms with Crippen LogP contribution in [0.5, 0.6) is 40.2 Å². The van der Waals surface area contributed by atoms with Crippen LogP contribution < -0.4 is 175 Å². The number of nitrogens with one attached hydrogen (secondary N) is 2. The number of amides is 2. The van der Waals surface area contributed by atoms with E-state index in [9.17, 15) is 106 Å². The molecule has 0 aliphatic carbocycles. The summed E-state index contributed by atoms with van der Waals surface area (Å²) in [6, 6.07) is 35.7. The van der Waals surface area contributed by atoms with Crippen LogP contribution in [0.3, 0.4) is 0 Å². The fraction of sp³-hybridized carbons (Fsp3) is 0.379. The van der Waals surface area contributed by atoms with E-state index in [4.69, 9.17) is 120 Å². The molecule has 0 unspecified atom stereocenters. The first-order chi connectivity index (χ1) is 67.8. The molecule has 2 amide bonds. The number of esters is 1. The normalized spacial score (nSPS) is 10.9. The number of halogens is 18. The van der Waals surface area contributed by atoms with Crippen LogP contribution in [0.4, 0.5) is 77.1 Å². The number of alkyl carbamates (subject to hydrolysis) is 2. The number of nitro benzene ring substituents is 1. The first-order valence-corrected chi connectivity index (χ1v) is 45.5. The number of nitrogens with zero attached hydrogens (tertiary/aromatic N) is 2.